The van der Waals surface area contributed by atoms with Crippen LogP contribution in [0, 0.1) is 13.8 Å². The van der Waals surface area contributed by atoms with E-state index in [2.05, 4.69) is 10.6 Å². The lowest BCUT2D eigenvalue weighted by Crippen LogP contribution is -2.37. The minimum absolute atomic E-state index is 0.0739. The maximum Gasteiger partial charge on any atom is 0.317 e. The van der Waals surface area contributed by atoms with Crippen molar-refractivity contribution in [1.82, 2.24) is 10.6 Å². The Morgan fingerprint density at radius 2 is 2.00 bits per heavy atom. The first kappa shape index (κ1) is 15.3. The van der Waals surface area contributed by atoms with Crippen molar-refractivity contribution < 1.29 is 13.9 Å². The third-order valence-corrected chi connectivity index (χ3v) is 3.48. The van der Waals surface area contributed by atoms with E-state index in [1.807, 2.05) is 26.0 Å². The van der Waals surface area contributed by atoms with Crippen molar-refractivity contribution in [3.63, 3.8) is 0 Å². The number of halogens is 1. The van der Waals surface area contributed by atoms with Crippen LogP contribution in [0.25, 0.3) is 0 Å². The first-order chi connectivity index (χ1) is 10.1. The lowest BCUT2D eigenvalue weighted by molar-refractivity contribution is 0.223. The molecule has 6 heteroatoms. The van der Waals surface area contributed by atoms with Crippen LogP contribution in [0.15, 0.2) is 34.9 Å². The lowest BCUT2D eigenvalue weighted by Gasteiger charge is -2.11. The molecule has 0 aliphatic rings. The van der Waals surface area contributed by atoms with E-state index in [1.54, 1.807) is 18.4 Å². The van der Waals surface area contributed by atoms with Gasteiger partial charge in [0.1, 0.15) is 11.5 Å². The number of rotatable bonds is 5. The fourth-order valence-corrected chi connectivity index (χ4v) is 1.93. The van der Waals surface area contributed by atoms with Gasteiger partial charge in [-0.15, -0.1) is 0 Å². The summed E-state index contributed by atoms with van der Waals surface area (Å²) in [5, 5.41) is 5.99. The summed E-state index contributed by atoms with van der Waals surface area (Å²) in [7, 11) is 0. The Labute approximate surface area is 128 Å². The smallest absolute Gasteiger partial charge is 0.317 e. The van der Waals surface area contributed by atoms with Gasteiger partial charge in [0, 0.05) is 5.02 Å². The molecule has 2 aromatic rings. The van der Waals surface area contributed by atoms with Crippen molar-refractivity contribution in [1.29, 1.82) is 0 Å². The fourth-order valence-electron chi connectivity index (χ4n) is 1.82. The monoisotopic (exact) mass is 308 g/mol. The van der Waals surface area contributed by atoms with Crippen LogP contribution in [0.1, 0.15) is 16.9 Å². The second-order valence-corrected chi connectivity index (χ2v) is 4.98. The molecule has 1 aromatic heterocycles. The number of ether oxygens (including phenoxy) is 1. The molecule has 1 aromatic carbocycles. The Bertz CT molecular complexity index is 588. The SMILES string of the molecule is Cc1cc(OCNC(=O)NCc2ccco2)cc(C)c1Cl. The van der Waals surface area contributed by atoms with Crippen LogP contribution < -0.4 is 15.4 Å². The van der Waals surface area contributed by atoms with E-state index in [1.165, 1.54) is 0 Å². The molecular weight excluding hydrogens is 292 g/mol. The maximum atomic E-state index is 11.6. The van der Waals surface area contributed by atoms with Gasteiger partial charge in [0.25, 0.3) is 0 Å². The number of nitrogens with one attached hydrogen (secondary N) is 2. The number of benzene rings is 1. The Hall–Kier alpha value is -2.14. The highest BCUT2D eigenvalue weighted by Crippen LogP contribution is 2.25. The molecule has 5 nitrogen and oxygen atoms in total. The summed E-state index contributed by atoms with van der Waals surface area (Å²) in [6.45, 7) is 4.22. The quantitative estimate of drug-likeness (QED) is 0.832. The Kier molecular flexibility index (Phi) is 5.11. The summed E-state index contributed by atoms with van der Waals surface area (Å²) < 4.78 is 10.6. The molecule has 2 rings (SSSR count). The van der Waals surface area contributed by atoms with Crippen LogP contribution in [-0.4, -0.2) is 12.8 Å². The zero-order valence-electron chi connectivity index (χ0n) is 11.9. The molecule has 0 saturated carbocycles. The van der Waals surface area contributed by atoms with E-state index in [4.69, 9.17) is 20.8 Å². The number of aryl methyl sites for hydroxylation is 2. The standard InChI is InChI=1S/C15H17ClN2O3/c1-10-6-13(7-11(2)14(10)16)21-9-18-15(19)17-8-12-4-3-5-20-12/h3-7H,8-9H2,1-2H3,(H2,17,18,19). The second kappa shape index (κ2) is 7.04. The highest BCUT2D eigenvalue weighted by Gasteiger charge is 2.05. The largest absolute Gasteiger partial charge is 0.473 e. The summed E-state index contributed by atoms with van der Waals surface area (Å²) >= 11 is 6.08. The van der Waals surface area contributed by atoms with Gasteiger partial charge in [0.05, 0.1) is 12.8 Å². The summed E-state index contributed by atoms with van der Waals surface area (Å²) in [6, 6.07) is 6.89. The molecule has 0 aliphatic heterocycles. The average Bonchev–Trinajstić information content (AvgIpc) is 2.96. The van der Waals surface area contributed by atoms with Crippen molar-refractivity contribution in [2.75, 3.05) is 6.73 Å². The van der Waals surface area contributed by atoms with Gasteiger partial charge < -0.3 is 19.8 Å². The van der Waals surface area contributed by atoms with Crippen LogP contribution in [0.4, 0.5) is 4.79 Å². The van der Waals surface area contributed by atoms with Gasteiger partial charge in [-0.1, -0.05) is 11.6 Å². The van der Waals surface area contributed by atoms with Gasteiger partial charge in [-0.3, -0.25) is 0 Å². The zero-order chi connectivity index (χ0) is 15.2. The summed E-state index contributed by atoms with van der Waals surface area (Å²) in [5.41, 5.74) is 1.88. The predicted molar refractivity (Wildman–Crippen MR) is 80.5 cm³/mol. The van der Waals surface area contributed by atoms with Gasteiger partial charge in [0.15, 0.2) is 6.73 Å². The number of furan rings is 1. The topological polar surface area (TPSA) is 63.5 Å². The number of hydrogen-bond donors (Lipinski definition) is 2. The van der Waals surface area contributed by atoms with E-state index < -0.39 is 0 Å². The molecule has 0 fully saturated rings. The van der Waals surface area contributed by atoms with Crippen molar-refractivity contribution in [2.45, 2.75) is 20.4 Å². The molecule has 1 heterocycles. The molecule has 0 radical (unpaired) electrons. The van der Waals surface area contributed by atoms with Crippen LogP contribution in [0.2, 0.25) is 5.02 Å². The van der Waals surface area contributed by atoms with Gasteiger partial charge >= 0.3 is 6.03 Å². The van der Waals surface area contributed by atoms with E-state index >= 15 is 0 Å². The average molecular weight is 309 g/mol. The van der Waals surface area contributed by atoms with E-state index in [0.717, 1.165) is 16.1 Å². The number of carbonyl (C=O) groups excluding carboxylic acids is 1. The molecule has 0 spiro atoms. The Morgan fingerprint density at radius 3 is 2.62 bits per heavy atom. The lowest BCUT2D eigenvalue weighted by atomic mass is 10.1. The number of urea groups is 1. The van der Waals surface area contributed by atoms with Gasteiger partial charge in [-0.25, -0.2) is 4.79 Å². The first-order valence-corrected chi connectivity index (χ1v) is 6.87. The zero-order valence-corrected chi connectivity index (χ0v) is 12.7. The van der Waals surface area contributed by atoms with Gasteiger partial charge in [-0.05, 0) is 49.2 Å². The Morgan fingerprint density at radius 1 is 1.29 bits per heavy atom. The third kappa shape index (κ3) is 4.43. The normalized spacial score (nSPS) is 10.2. The summed E-state index contributed by atoms with van der Waals surface area (Å²) in [4.78, 5) is 11.6. The number of carbonyl (C=O) groups is 1. The van der Waals surface area contributed by atoms with Crippen LogP contribution in [0.3, 0.4) is 0 Å². The highest BCUT2D eigenvalue weighted by atomic mass is 35.5. The second-order valence-electron chi connectivity index (χ2n) is 4.60. The summed E-state index contributed by atoms with van der Waals surface area (Å²) in [6.07, 6.45) is 1.56. The Balaban J connectivity index is 1.75. The van der Waals surface area contributed by atoms with Crippen molar-refractivity contribution >= 4 is 17.6 Å². The molecule has 0 bridgehead atoms. The molecular formula is C15H17ClN2O3. The highest BCUT2D eigenvalue weighted by molar-refractivity contribution is 6.32. The van der Waals surface area contributed by atoms with Gasteiger partial charge in [0.2, 0.25) is 0 Å². The molecule has 112 valence electrons. The van der Waals surface area contributed by atoms with Crippen molar-refractivity contribution in [3.8, 4) is 5.75 Å². The first-order valence-electron chi connectivity index (χ1n) is 6.50. The number of hydrogen-bond acceptors (Lipinski definition) is 3. The molecule has 2 amide bonds. The van der Waals surface area contributed by atoms with E-state index in [9.17, 15) is 4.79 Å². The van der Waals surface area contributed by atoms with Crippen LogP contribution >= 0.6 is 11.6 Å². The predicted octanol–water partition coefficient (Wildman–Crippen LogP) is 3.39. The molecule has 0 saturated heterocycles. The minimum atomic E-state index is -0.325. The molecule has 2 N–H and O–H groups in total. The maximum absolute atomic E-state index is 11.6. The fraction of sp³-hybridized carbons (Fsp3) is 0.267. The molecule has 0 aliphatic carbocycles. The van der Waals surface area contributed by atoms with Crippen LogP contribution in [0.5, 0.6) is 5.75 Å². The van der Waals surface area contributed by atoms with Crippen LogP contribution in [-0.2, 0) is 6.54 Å². The van der Waals surface area contributed by atoms with E-state index in [0.29, 0.717) is 18.1 Å². The van der Waals surface area contributed by atoms with Crippen molar-refractivity contribution in [3.05, 3.63) is 52.4 Å². The molecule has 0 atom stereocenters. The molecule has 0 unspecified atom stereocenters. The molecule has 21 heavy (non-hydrogen) atoms. The van der Waals surface area contributed by atoms with E-state index in [-0.39, 0.29) is 12.8 Å². The number of amides is 2. The third-order valence-electron chi connectivity index (χ3n) is 2.88. The minimum Gasteiger partial charge on any atom is -0.473 e. The van der Waals surface area contributed by atoms with Crippen molar-refractivity contribution in [2.24, 2.45) is 0 Å². The summed E-state index contributed by atoms with van der Waals surface area (Å²) in [5.74, 6) is 1.36. The van der Waals surface area contributed by atoms with Gasteiger partial charge in [-0.2, -0.15) is 0 Å².